The summed E-state index contributed by atoms with van der Waals surface area (Å²) in [6.45, 7) is 4.40. The SMILES string of the molecule is CC(=O)OC(C)(OC(C)=O)C(=O)OCCCCCCCCCCCCOc1ccccc1-c1ccccc1. The minimum absolute atomic E-state index is 0.189. The van der Waals surface area contributed by atoms with Crippen molar-refractivity contribution in [2.24, 2.45) is 0 Å². The molecule has 0 saturated heterocycles. The zero-order valence-electron chi connectivity index (χ0n) is 23.0. The molecule has 7 nitrogen and oxygen atoms in total. The first-order chi connectivity index (χ1) is 18.3. The van der Waals surface area contributed by atoms with Crippen LogP contribution < -0.4 is 4.74 Å². The van der Waals surface area contributed by atoms with Crippen molar-refractivity contribution in [1.82, 2.24) is 0 Å². The Morgan fingerprint density at radius 2 is 1.11 bits per heavy atom. The number of ether oxygens (including phenoxy) is 4. The highest BCUT2D eigenvalue weighted by Crippen LogP contribution is 2.29. The normalized spacial score (nSPS) is 11.0. The molecule has 0 aliphatic carbocycles. The number of carbonyl (C=O) groups excluding carboxylic acids is 3. The quantitative estimate of drug-likeness (QED) is 0.117. The van der Waals surface area contributed by atoms with Gasteiger partial charge in [-0.1, -0.05) is 99.9 Å². The number of para-hydroxylation sites is 1. The van der Waals surface area contributed by atoms with Crippen LogP contribution in [0.2, 0.25) is 0 Å². The molecule has 0 aromatic heterocycles. The van der Waals surface area contributed by atoms with E-state index in [1.54, 1.807) is 0 Å². The highest BCUT2D eigenvalue weighted by atomic mass is 16.8. The summed E-state index contributed by atoms with van der Waals surface area (Å²) >= 11 is 0. The Morgan fingerprint density at radius 1 is 0.632 bits per heavy atom. The first kappa shape index (κ1) is 30.9. The first-order valence-electron chi connectivity index (χ1n) is 13.7. The van der Waals surface area contributed by atoms with Crippen molar-refractivity contribution >= 4 is 17.9 Å². The minimum atomic E-state index is -2.05. The number of hydrogen-bond acceptors (Lipinski definition) is 7. The van der Waals surface area contributed by atoms with Crippen LogP contribution in [0.3, 0.4) is 0 Å². The van der Waals surface area contributed by atoms with Gasteiger partial charge in [-0.3, -0.25) is 9.59 Å². The van der Waals surface area contributed by atoms with Gasteiger partial charge in [0, 0.05) is 26.3 Å². The van der Waals surface area contributed by atoms with Gasteiger partial charge in [-0.15, -0.1) is 0 Å². The van der Waals surface area contributed by atoms with E-state index in [0.29, 0.717) is 6.42 Å². The maximum atomic E-state index is 12.2. The maximum Gasteiger partial charge on any atom is 0.392 e. The largest absolute Gasteiger partial charge is 0.493 e. The molecule has 0 spiro atoms. The lowest BCUT2D eigenvalue weighted by atomic mass is 10.0. The molecule has 38 heavy (non-hydrogen) atoms. The molecule has 0 atom stereocenters. The molecule has 208 valence electrons. The molecule has 0 radical (unpaired) electrons. The third-order valence-corrected chi connectivity index (χ3v) is 6.05. The van der Waals surface area contributed by atoms with Crippen LogP contribution >= 0.6 is 0 Å². The third-order valence-electron chi connectivity index (χ3n) is 6.05. The van der Waals surface area contributed by atoms with E-state index in [0.717, 1.165) is 57.5 Å². The van der Waals surface area contributed by atoms with Crippen LogP contribution in [0.15, 0.2) is 54.6 Å². The van der Waals surface area contributed by atoms with Gasteiger partial charge < -0.3 is 18.9 Å². The minimum Gasteiger partial charge on any atom is -0.493 e. The van der Waals surface area contributed by atoms with Crippen LogP contribution in [0.4, 0.5) is 0 Å². The van der Waals surface area contributed by atoms with E-state index in [-0.39, 0.29) is 6.61 Å². The highest BCUT2D eigenvalue weighted by Gasteiger charge is 2.42. The number of esters is 3. The van der Waals surface area contributed by atoms with Crippen LogP contribution in [-0.2, 0) is 28.6 Å². The summed E-state index contributed by atoms with van der Waals surface area (Å²) in [6.07, 6.45) is 10.9. The molecule has 0 fully saturated rings. The Kier molecular flexibility index (Phi) is 14.0. The second-order valence-electron chi connectivity index (χ2n) is 9.52. The van der Waals surface area contributed by atoms with E-state index in [9.17, 15) is 14.4 Å². The predicted octanol–water partition coefficient (Wildman–Crippen LogP) is 7.02. The van der Waals surface area contributed by atoms with E-state index < -0.39 is 23.7 Å². The number of benzene rings is 2. The highest BCUT2D eigenvalue weighted by molar-refractivity contribution is 5.83. The molecule has 2 rings (SSSR count). The van der Waals surface area contributed by atoms with Gasteiger partial charge in [-0.25, -0.2) is 4.79 Å². The molecule has 0 aliphatic heterocycles. The van der Waals surface area contributed by atoms with Gasteiger partial charge in [0.05, 0.1) is 13.2 Å². The lowest BCUT2D eigenvalue weighted by Gasteiger charge is -2.25. The molecule has 2 aromatic rings. The summed E-state index contributed by atoms with van der Waals surface area (Å²) in [4.78, 5) is 34.6. The van der Waals surface area contributed by atoms with Gasteiger partial charge in [0.25, 0.3) is 0 Å². The molecule has 0 unspecified atom stereocenters. The average Bonchev–Trinajstić information content (AvgIpc) is 2.88. The smallest absolute Gasteiger partial charge is 0.392 e. The van der Waals surface area contributed by atoms with Gasteiger partial charge >= 0.3 is 23.7 Å². The van der Waals surface area contributed by atoms with E-state index in [4.69, 9.17) is 18.9 Å². The van der Waals surface area contributed by atoms with Crippen LogP contribution in [0.1, 0.15) is 85.0 Å². The molecule has 0 saturated carbocycles. The van der Waals surface area contributed by atoms with E-state index in [2.05, 4.69) is 18.2 Å². The van der Waals surface area contributed by atoms with Crippen LogP contribution in [0, 0.1) is 0 Å². The molecule has 0 heterocycles. The zero-order chi connectivity index (χ0) is 27.6. The van der Waals surface area contributed by atoms with Gasteiger partial charge in [-0.2, -0.15) is 0 Å². The van der Waals surface area contributed by atoms with Crippen LogP contribution in [0.5, 0.6) is 5.75 Å². The monoisotopic (exact) mass is 526 g/mol. The fraction of sp³-hybridized carbons (Fsp3) is 0.516. The molecule has 7 heteroatoms. The summed E-state index contributed by atoms with van der Waals surface area (Å²) in [5.74, 6) is -3.45. The lowest BCUT2D eigenvalue weighted by molar-refractivity contribution is -0.232. The number of hydrogen-bond donors (Lipinski definition) is 0. The Labute approximate surface area is 226 Å². The molecule has 0 aliphatic rings. The maximum absolute atomic E-state index is 12.2. The Morgan fingerprint density at radius 3 is 1.66 bits per heavy atom. The second kappa shape index (κ2) is 17.2. The second-order valence-corrected chi connectivity index (χ2v) is 9.52. The predicted molar refractivity (Wildman–Crippen MR) is 146 cm³/mol. The first-order valence-corrected chi connectivity index (χ1v) is 13.7. The Bertz CT molecular complexity index is 971. The number of carbonyl (C=O) groups is 3. The van der Waals surface area contributed by atoms with Crippen molar-refractivity contribution in [1.29, 1.82) is 0 Å². The van der Waals surface area contributed by atoms with Crippen LogP contribution in [-0.4, -0.2) is 36.9 Å². The molecule has 0 bridgehead atoms. The van der Waals surface area contributed by atoms with E-state index >= 15 is 0 Å². The van der Waals surface area contributed by atoms with Gasteiger partial charge in [0.2, 0.25) is 0 Å². The zero-order valence-corrected chi connectivity index (χ0v) is 23.0. The number of unbranched alkanes of at least 4 members (excludes halogenated alkanes) is 9. The average molecular weight is 527 g/mol. The summed E-state index contributed by atoms with van der Waals surface area (Å²) in [5.41, 5.74) is 2.30. The van der Waals surface area contributed by atoms with Crippen molar-refractivity contribution in [2.45, 2.75) is 90.8 Å². The number of rotatable bonds is 18. The molecule has 2 aromatic carbocycles. The van der Waals surface area contributed by atoms with Crippen molar-refractivity contribution in [2.75, 3.05) is 13.2 Å². The van der Waals surface area contributed by atoms with Gasteiger partial charge in [0.15, 0.2) is 0 Å². The lowest BCUT2D eigenvalue weighted by Crippen LogP contribution is -2.45. The third kappa shape index (κ3) is 11.8. The standard InChI is InChI=1S/C31H42O7/c1-25(32)37-31(3,38-26(2)33)30(34)36-24-18-11-9-7-5-4-6-8-10-17-23-35-29-22-16-15-21-28(29)27-19-13-12-14-20-27/h12-16,19-22H,4-11,17-18,23-24H2,1-3H3. The molecular formula is C31H42O7. The van der Waals surface area contributed by atoms with E-state index in [1.165, 1.54) is 44.6 Å². The fourth-order valence-electron chi connectivity index (χ4n) is 4.20. The van der Waals surface area contributed by atoms with Gasteiger partial charge in [0.1, 0.15) is 5.75 Å². The molecule has 0 N–H and O–H groups in total. The van der Waals surface area contributed by atoms with E-state index in [1.807, 2.05) is 36.4 Å². The van der Waals surface area contributed by atoms with Gasteiger partial charge in [-0.05, 0) is 24.5 Å². The molecular weight excluding hydrogens is 484 g/mol. The van der Waals surface area contributed by atoms with Crippen molar-refractivity contribution in [3.63, 3.8) is 0 Å². The summed E-state index contributed by atoms with van der Waals surface area (Å²) < 4.78 is 20.9. The molecule has 0 amide bonds. The summed E-state index contributed by atoms with van der Waals surface area (Å²) in [7, 11) is 0. The summed E-state index contributed by atoms with van der Waals surface area (Å²) in [6, 6.07) is 18.5. The van der Waals surface area contributed by atoms with Crippen molar-refractivity contribution < 1.29 is 33.3 Å². The topological polar surface area (TPSA) is 88.1 Å². The van der Waals surface area contributed by atoms with Crippen molar-refractivity contribution in [3.8, 4) is 16.9 Å². The Balaban J connectivity index is 1.47. The fourth-order valence-corrected chi connectivity index (χ4v) is 4.20. The summed E-state index contributed by atoms with van der Waals surface area (Å²) in [5, 5.41) is 0. The van der Waals surface area contributed by atoms with Crippen LogP contribution in [0.25, 0.3) is 11.1 Å². The Hall–Kier alpha value is -3.35. The van der Waals surface area contributed by atoms with Crippen molar-refractivity contribution in [3.05, 3.63) is 54.6 Å².